The van der Waals surface area contributed by atoms with E-state index in [1.54, 1.807) is 24.3 Å². The third-order valence-corrected chi connectivity index (χ3v) is 4.51. The molecule has 2 N–H and O–H groups in total. The third-order valence-electron chi connectivity index (χ3n) is 3.06. The lowest BCUT2D eigenvalue weighted by Gasteiger charge is -2.04. The van der Waals surface area contributed by atoms with Crippen LogP contribution < -0.4 is 14.9 Å². The van der Waals surface area contributed by atoms with Crippen LogP contribution in [0.25, 0.3) is 0 Å². The van der Waals surface area contributed by atoms with Gasteiger partial charge in [-0.1, -0.05) is 0 Å². The van der Waals surface area contributed by atoms with Crippen molar-refractivity contribution in [3.8, 4) is 17.2 Å². The largest absolute Gasteiger partial charge is 0.506 e. The molecule has 0 atom stereocenters. The van der Waals surface area contributed by atoms with Gasteiger partial charge in [-0.25, -0.2) is 5.43 Å². The summed E-state index contributed by atoms with van der Waals surface area (Å²) in [6.45, 7) is 0.156. The van der Waals surface area contributed by atoms with Crippen LogP contribution in [0.1, 0.15) is 15.9 Å². The van der Waals surface area contributed by atoms with E-state index in [1.807, 2.05) is 28.7 Å². The molecular formula is C15H10I2N2O4. The number of nitrogens with one attached hydrogen (secondary N) is 1. The van der Waals surface area contributed by atoms with Crippen LogP contribution in [0.3, 0.4) is 0 Å². The number of carbonyl (C=O) groups excluding carboxylic acids is 1. The van der Waals surface area contributed by atoms with Crippen molar-refractivity contribution in [1.29, 1.82) is 0 Å². The minimum absolute atomic E-state index is 0.132. The van der Waals surface area contributed by atoms with E-state index < -0.39 is 0 Å². The third kappa shape index (κ3) is 3.68. The molecule has 1 aliphatic heterocycles. The number of phenols is 1. The number of hydrazone groups is 1. The Morgan fingerprint density at radius 2 is 2.00 bits per heavy atom. The fraction of sp³-hybridized carbons (Fsp3) is 0.0667. The van der Waals surface area contributed by atoms with Gasteiger partial charge in [0.05, 0.1) is 9.78 Å². The topological polar surface area (TPSA) is 80.2 Å². The molecule has 0 aromatic heterocycles. The van der Waals surface area contributed by atoms with Crippen molar-refractivity contribution in [1.82, 2.24) is 5.43 Å². The number of fused-ring (bicyclic) bond motifs is 1. The standard InChI is InChI=1S/C15H10I2N2O4/c16-10-3-9(14(20)11(17)5-10)6-18-19-15(21)8-1-2-12-13(4-8)23-7-22-12/h1-6,20H,7H2,(H,19,21)/b18-6-. The summed E-state index contributed by atoms with van der Waals surface area (Å²) >= 11 is 4.19. The molecule has 1 amide bonds. The van der Waals surface area contributed by atoms with Crippen molar-refractivity contribution in [3.63, 3.8) is 0 Å². The number of amides is 1. The zero-order valence-corrected chi connectivity index (χ0v) is 15.9. The Hall–Kier alpha value is -1.56. The van der Waals surface area contributed by atoms with E-state index >= 15 is 0 Å². The first-order valence-corrected chi connectivity index (χ1v) is 8.61. The Morgan fingerprint density at radius 3 is 2.83 bits per heavy atom. The number of carbonyl (C=O) groups is 1. The molecular weight excluding hydrogens is 526 g/mol. The molecule has 0 bridgehead atoms. The number of hydrogen-bond acceptors (Lipinski definition) is 5. The lowest BCUT2D eigenvalue weighted by atomic mass is 10.2. The van der Waals surface area contributed by atoms with Crippen molar-refractivity contribution in [2.75, 3.05) is 6.79 Å². The second kappa shape index (κ2) is 6.91. The average Bonchev–Trinajstić information content (AvgIpc) is 2.99. The summed E-state index contributed by atoms with van der Waals surface area (Å²) < 4.78 is 12.1. The minimum atomic E-state index is -0.376. The molecule has 6 nitrogen and oxygen atoms in total. The Bertz CT molecular complexity index is 808. The number of rotatable bonds is 3. The average molecular weight is 536 g/mol. The van der Waals surface area contributed by atoms with Crippen molar-refractivity contribution < 1.29 is 19.4 Å². The highest BCUT2D eigenvalue weighted by atomic mass is 127. The highest BCUT2D eigenvalue weighted by Crippen LogP contribution is 2.32. The maximum atomic E-state index is 12.1. The molecule has 0 saturated carbocycles. The van der Waals surface area contributed by atoms with Gasteiger partial charge in [0, 0.05) is 14.7 Å². The van der Waals surface area contributed by atoms with Crippen molar-refractivity contribution >= 4 is 57.3 Å². The fourth-order valence-corrected chi connectivity index (χ4v) is 3.84. The first-order valence-electron chi connectivity index (χ1n) is 6.45. The van der Waals surface area contributed by atoms with E-state index in [1.165, 1.54) is 6.21 Å². The van der Waals surface area contributed by atoms with Gasteiger partial charge in [-0.15, -0.1) is 0 Å². The van der Waals surface area contributed by atoms with Crippen LogP contribution in [0.15, 0.2) is 35.4 Å². The van der Waals surface area contributed by atoms with Gasteiger partial charge >= 0.3 is 0 Å². The Kier molecular flexibility index (Phi) is 4.90. The number of hydrogen-bond donors (Lipinski definition) is 2. The molecule has 0 spiro atoms. The number of phenolic OH excluding ortho intramolecular Hbond substituents is 1. The Labute approximate surface area is 159 Å². The molecule has 1 heterocycles. The van der Waals surface area contributed by atoms with Crippen molar-refractivity contribution in [2.45, 2.75) is 0 Å². The van der Waals surface area contributed by atoms with Gasteiger partial charge in [0.2, 0.25) is 6.79 Å². The molecule has 118 valence electrons. The zero-order valence-electron chi connectivity index (χ0n) is 11.5. The fourth-order valence-electron chi connectivity index (χ4n) is 1.95. The van der Waals surface area contributed by atoms with E-state index in [4.69, 9.17) is 9.47 Å². The zero-order chi connectivity index (χ0) is 16.4. The second-order valence-corrected chi connectivity index (χ2v) is 7.00. The molecule has 2 aromatic carbocycles. The summed E-state index contributed by atoms with van der Waals surface area (Å²) in [6, 6.07) is 8.52. The summed E-state index contributed by atoms with van der Waals surface area (Å²) in [5.74, 6) is 0.904. The number of nitrogens with zero attached hydrogens (tertiary/aromatic N) is 1. The number of aromatic hydroxyl groups is 1. The molecule has 3 rings (SSSR count). The molecule has 8 heteroatoms. The monoisotopic (exact) mass is 536 g/mol. The van der Waals surface area contributed by atoms with Crippen molar-refractivity contribution in [3.05, 3.63) is 48.6 Å². The molecule has 0 saturated heterocycles. The molecule has 0 aliphatic carbocycles. The van der Waals surface area contributed by atoms with E-state index in [0.717, 1.165) is 7.14 Å². The van der Waals surface area contributed by atoms with Gasteiger partial charge < -0.3 is 14.6 Å². The van der Waals surface area contributed by atoms with Crippen LogP contribution in [0.4, 0.5) is 0 Å². The normalized spacial score (nSPS) is 12.6. The predicted octanol–water partition coefficient (Wildman–Crippen LogP) is 3.09. The summed E-state index contributed by atoms with van der Waals surface area (Å²) in [4.78, 5) is 12.1. The quantitative estimate of drug-likeness (QED) is 0.360. The van der Waals surface area contributed by atoms with Gasteiger partial charge in [0.15, 0.2) is 11.5 Å². The van der Waals surface area contributed by atoms with Gasteiger partial charge in [-0.05, 0) is 75.5 Å². The van der Waals surface area contributed by atoms with Crippen LogP contribution in [0.5, 0.6) is 17.2 Å². The van der Waals surface area contributed by atoms with E-state index in [9.17, 15) is 9.90 Å². The summed E-state index contributed by atoms with van der Waals surface area (Å²) in [5, 5.41) is 13.9. The molecule has 0 unspecified atom stereocenters. The second-order valence-electron chi connectivity index (χ2n) is 4.59. The summed E-state index contributed by atoms with van der Waals surface area (Å²) in [5.41, 5.74) is 3.37. The summed E-state index contributed by atoms with van der Waals surface area (Å²) in [6.07, 6.45) is 1.41. The molecule has 0 fully saturated rings. The first-order chi connectivity index (χ1) is 11.0. The molecule has 0 radical (unpaired) electrons. The first kappa shape index (κ1) is 16.3. The van der Waals surface area contributed by atoms with Crippen LogP contribution >= 0.6 is 45.2 Å². The van der Waals surface area contributed by atoms with Crippen LogP contribution in [0.2, 0.25) is 0 Å². The number of ether oxygens (including phenoxy) is 2. The Morgan fingerprint density at radius 1 is 1.22 bits per heavy atom. The number of halogens is 2. The summed E-state index contributed by atoms with van der Waals surface area (Å²) in [7, 11) is 0. The lowest BCUT2D eigenvalue weighted by molar-refractivity contribution is 0.0954. The van der Waals surface area contributed by atoms with E-state index in [-0.39, 0.29) is 18.4 Å². The van der Waals surface area contributed by atoms with E-state index in [0.29, 0.717) is 22.6 Å². The van der Waals surface area contributed by atoms with Crippen LogP contribution in [-0.4, -0.2) is 24.0 Å². The van der Waals surface area contributed by atoms with Crippen LogP contribution in [-0.2, 0) is 0 Å². The maximum absolute atomic E-state index is 12.1. The van der Waals surface area contributed by atoms with E-state index in [2.05, 4.69) is 33.1 Å². The lowest BCUT2D eigenvalue weighted by Crippen LogP contribution is -2.17. The van der Waals surface area contributed by atoms with Gasteiger partial charge in [0.1, 0.15) is 5.75 Å². The highest BCUT2D eigenvalue weighted by molar-refractivity contribution is 14.1. The number of benzene rings is 2. The molecule has 2 aromatic rings. The minimum Gasteiger partial charge on any atom is -0.506 e. The predicted molar refractivity (Wildman–Crippen MR) is 101 cm³/mol. The van der Waals surface area contributed by atoms with Gasteiger partial charge in [0.25, 0.3) is 5.91 Å². The van der Waals surface area contributed by atoms with Gasteiger partial charge in [-0.3, -0.25) is 4.79 Å². The smallest absolute Gasteiger partial charge is 0.271 e. The van der Waals surface area contributed by atoms with Gasteiger partial charge in [-0.2, -0.15) is 5.10 Å². The maximum Gasteiger partial charge on any atom is 0.271 e. The molecule has 23 heavy (non-hydrogen) atoms. The highest BCUT2D eigenvalue weighted by Gasteiger charge is 2.15. The SMILES string of the molecule is O=C(N/N=C\c1cc(I)cc(I)c1O)c1ccc2c(c1)OCO2. The van der Waals surface area contributed by atoms with Crippen LogP contribution in [0, 0.1) is 7.14 Å². The molecule has 1 aliphatic rings. The Balaban J connectivity index is 1.72. The van der Waals surface area contributed by atoms with Crippen molar-refractivity contribution in [2.24, 2.45) is 5.10 Å².